The normalized spacial score (nSPS) is 10.6. The summed E-state index contributed by atoms with van der Waals surface area (Å²) in [6.07, 6.45) is -0.773. The maximum atomic E-state index is 12.6. The highest BCUT2D eigenvalue weighted by atomic mass is 127. The quantitative estimate of drug-likeness (QED) is 0.351. The van der Waals surface area contributed by atoms with E-state index in [-0.39, 0.29) is 20.2 Å². The van der Waals surface area contributed by atoms with Crippen LogP contribution in [0.4, 0.5) is 8.78 Å². The van der Waals surface area contributed by atoms with Crippen molar-refractivity contribution in [3.8, 4) is 0 Å². The van der Waals surface area contributed by atoms with Crippen molar-refractivity contribution >= 4 is 44.8 Å². The maximum absolute atomic E-state index is 12.6. The smallest absolute Gasteiger partial charge is 0.266 e. The van der Waals surface area contributed by atoms with Crippen LogP contribution in [0, 0.1) is 3.70 Å². The fourth-order valence-electron chi connectivity index (χ4n) is 1.03. The van der Waals surface area contributed by atoms with Gasteiger partial charge in [0.1, 0.15) is 3.70 Å². The van der Waals surface area contributed by atoms with E-state index in [1.807, 2.05) is 0 Å². The lowest BCUT2D eigenvalue weighted by Crippen LogP contribution is -2.03. The van der Waals surface area contributed by atoms with Gasteiger partial charge in [-0.15, -0.1) is 0 Å². The average molecular weight is 376 g/mol. The van der Waals surface area contributed by atoms with Gasteiger partial charge in [-0.25, -0.2) is 13.8 Å². The van der Waals surface area contributed by atoms with Crippen molar-refractivity contribution in [2.75, 3.05) is 0 Å². The molecule has 1 aromatic rings. The molecule has 6 heteroatoms. The highest BCUT2D eigenvalue weighted by Gasteiger charge is 2.19. The molecule has 0 aliphatic rings. The second-order valence-electron chi connectivity index (χ2n) is 2.45. The van der Waals surface area contributed by atoms with Gasteiger partial charge in [0.2, 0.25) is 0 Å². The molecule has 2 nitrogen and oxygen atoms in total. The second kappa shape index (κ2) is 5.11. The predicted molar refractivity (Wildman–Crippen MR) is 59.9 cm³/mol. The first-order valence-corrected chi connectivity index (χ1v) is 5.78. The van der Waals surface area contributed by atoms with Gasteiger partial charge in [-0.3, -0.25) is 4.79 Å². The minimum atomic E-state index is -2.61. The SMILES string of the molecule is O=Cc1cnc(I)c(C(F)F)c1CBr. The minimum absolute atomic E-state index is 0.160. The van der Waals surface area contributed by atoms with Crippen molar-refractivity contribution in [2.24, 2.45) is 0 Å². The fraction of sp³-hybridized carbons (Fsp3) is 0.250. The maximum Gasteiger partial charge on any atom is 0.266 e. The third kappa shape index (κ3) is 2.28. The number of halogens is 4. The summed E-state index contributed by atoms with van der Waals surface area (Å²) in [5.41, 5.74) is 0.360. The van der Waals surface area contributed by atoms with Crippen LogP contribution in [-0.2, 0) is 5.33 Å². The number of aromatic nitrogens is 1. The molecular weight excluding hydrogens is 371 g/mol. The number of aldehydes is 1. The van der Waals surface area contributed by atoms with E-state index in [1.54, 1.807) is 22.6 Å². The summed E-state index contributed by atoms with van der Waals surface area (Å²) in [4.78, 5) is 14.3. The van der Waals surface area contributed by atoms with Gasteiger partial charge in [0.05, 0.1) is 5.56 Å². The summed E-state index contributed by atoms with van der Waals surface area (Å²) in [7, 11) is 0. The molecule has 0 unspecified atom stereocenters. The van der Waals surface area contributed by atoms with Crippen LogP contribution in [0.3, 0.4) is 0 Å². The lowest BCUT2D eigenvalue weighted by Gasteiger charge is -2.09. The van der Waals surface area contributed by atoms with E-state index < -0.39 is 6.43 Å². The lowest BCUT2D eigenvalue weighted by atomic mass is 10.1. The summed E-state index contributed by atoms with van der Waals surface area (Å²) in [5, 5.41) is 0.221. The van der Waals surface area contributed by atoms with Crippen LogP contribution in [0.15, 0.2) is 6.20 Å². The molecule has 0 spiro atoms. The Bertz CT molecular complexity index is 359. The Hall–Kier alpha value is -0.110. The van der Waals surface area contributed by atoms with Crippen molar-refractivity contribution in [3.05, 3.63) is 26.6 Å². The molecule has 0 fully saturated rings. The Morgan fingerprint density at radius 3 is 2.71 bits per heavy atom. The van der Waals surface area contributed by atoms with Crippen LogP contribution in [0.2, 0.25) is 0 Å². The number of pyridine rings is 1. The number of carbonyl (C=O) groups excluding carboxylic acids is 1. The van der Waals surface area contributed by atoms with Gasteiger partial charge in [0.15, 0.2) is 6.29 Å². The van der Waals surface area contributed by atoms with E-state index in [4.69, 9.17) is 0 Å². The Morgan fingerprint density at radius 2 is 2.29 bits per heavy atom. The molecule has 1 rings (SSSR count). The predicted octanol–water partition coefficient (Wildman–Crippen LogP) is 3.33. The topological polar surface area (TPSA) is 30.0 Å². The molecule has 0 aromatic carbocycles. The largest absolute Gasteiger partial charge is 0.298 e. The Labute approximate surface area is 101 Å². The number of alkyl halides is 3. The molecule has 0 saturated heterocycles. The van der Waals surface area contributed by atoms with Gasteiger partial charge < -0.3 is 0 Å². The van der Waals surface area contributed by atoms with Crippen LogP contribution in [0.5, 0.6) is 0 Å². The van der Waals surface area contributed by atoms with Crippen LogP contribution < -0.4 is 0 Å². The van der Waals surface area contributed by atoms with E-state index in [0.29, 0.717) is 11.8 Å². The first-order valence-electron chi connectivity index (χ1n) is 3.58. The zero-order valence-electron chi connectivity index (χ0n) is 6.81. The van der Waals surface area contributed by atoms with E-state index in [2.05, 4.69) is 20.9 Å². The molecular formula is C8H5BrF2INO. The molecule has 14 heavy (non-hydrogen) atoms. The van der Waals surface area contributed by atoms with Crippen LogP contribution in [-0.4, -0.2) is 11.3 Å². The Morgan fingerprint density at radius 1 is 1.64 bits per heavy atom. The summed E-state index contributed by atoms with van der Waals surface area (Å²) >= 11 is 4.81. The molecule has 0 bridgehead atoms. The zero-order valence-corrected chi connectivity index (χ0v) is 10.5. The summed E-state index contributed by atoms with van der Waals surface area (Å²) < 4.78 is 25.5. The molecule has 1 heterocycles. The van der Waals surface area contributed by atoms with Crippen LogP contribution >= 0.6 is 38.5 Å². The second-order valence-corrected chi connectivity index (χ2v) is 4.03. The number of hydrogen-bond acceptors (Lipinski definition) is 2. The molecule has 0 aliphatic carbocycles. The summed E-state index contributed by atoms with van der Waals surface area (Å²) in [6, 6.07) is 0. The van der Waals surface area contributed by atoms with Crippen molar-refractivity contribution in [1.82, 2.24) is 4.98 Å². The van der Waals surface area contributed by atoms with Gasteiger partial charge in [-0.05, 0) is 28.2 Å². The first-order chi connectivity index (χ1) is 6.61. The van der Waals surface area contributed by atoms with Gasteiger partial charge in [-0.1, -0.05) is 15.9 Å². The van der Waals surface area contributed by atoms with Crippen LogP contribution in [0.25, 0.3) is 0 Å². The van der Waals surface area contributed by atoms with E-state index in [9.17, 15) is 13.6 Å². The molecule has 0 saturated carbocycles. The van der Waals surface area contributed by atoms with Crippen molar-refractivity contribution in [2.45, 2.75) is 11.8 Å². The number of carbonyl (C=O) groups is 1. The van der Waals surface area contributed by atoms with Crippen LogP contribution in [0.1, 0.15) is 27.9 Å². The number of hydrogen-bond donors (Lipinski definition) is 0. The third-order valence-electron chi connectivity index (χ3n) is 1.69. The molecule has 0 radical (unpaired) electrons. The van der Waals surface area contributed by atoms with Crippen molar-refractivity contribution < 1.29 is 13.6 Å². The van der Waals surface area contributed by atoms with Gasteiger partial charge in [0, 0.05) is 17.1 Å². The van der Waals surface area contributed by atoms with E-state index in [0.717, 1.165) is 0 Å². The average Bonchev–Trinajstić information content (AvgIpc) is 2.16. The Balaban J connectivity index is 3.42. The monoisotopic (exact) mass is 375 g/mol. The highest BCUT2D eigenvalue weighted by molar-refractivity contribution is 14.1. The molecule has 0 atom stereocenters. The molecule has 1 aromatic heterocycles. The van der Waals surface area contributed by atoms with Crippen molar-refractivity contribution in [1.29, 1.82) is 0 Å². The van der Waals surface area contributed by atoms with Gasteiger partial charge in [-0.2, -0.15) is 0 Å². The van der Waals surface area contributed by atoms with E-state index >= 15 is 0 Å². The zero-order chi connectivity index (χ0) is 10.7. The number of nitrogens with zero attached hydrogens (tertiary/aromatic N) is 1. The van der Waals surface area contributed by atoms with Gasteiger partial charge in [0.25, 0.3) is 6.43 Å². The molecule has 0 aliphatic heterocycles. The fourth-order valence-corrected chi connectivity index (χ4v) is 2.35. The lowest BCUT2D eigenvalue weighted by molar-refractivity contribution is 0.112. The summed E-state index contributed by atoms with van der Waals surface area (Å²) in [6.45, 7) is 0. The highest BCUT2D eigenvalue weighted by Crippen LogP contribution is 2.29. The van der Waals surface area contributed by atoms with Crippen molar-refractivity contribution in [3.63, 3.8) is 0 Å². The molecule has 0 amide bonds. The third-order valence-corrected chi connectivity index (χ3v) is 3.11. The molecule has 76 valence electrons. The molecule has 0 N–H and O–H groups in total. The summed E-state index contributed by atoms with van der Waals surface area (Å²) in [5.74, 6) is 0. The standard InChI is InChI=1S/C8H5BrF2INO/c9-1-5-4(3-14)2-13-8(12)6(5)7(10)11/h2-3,7H,1H2. The first kappa shape index (κ1) is 12.0. The van der Waals surface area contributed by atoms with E-state index in [1.165, 1.54) is 6.20 Å². The number of rotatable bonds is 3. The van der Waals surface area contributed by atoms with Gasteiger partial charge >= 0.3 is 0 Å². The minimum Gasteiger partial charge on any atom is -0.298 e. The Kier molecular flexibility index (Phi) is 4.36.